The number of ketones is 1. The van der Waals surface area contributed by atoms with E-state index in [1.54, 1.807) is 6.92 Å². The summed E-state index contributed by atoms with van der Waals surface area (Å²) < 4.78 is 12.4. The summed E-state index contributed by atoms with van der Waals surface area (Å²) in [7, 11) is 0. The lowest BCUT2D eigenvalue weighted by Crippen LogP contribution is -2.16. The molecule has 0 saturated carbocycles. The Labute approximate surface area is 229 Å². The van der Waals surface area contributed by atoms with E-state index >= 15 is 0 Å². The van der Waals surface area contributed by atoms with Gasteiger partial charge in [0.2, 0.25) is 0 Å². The SMILES string of the molecule is CCCCCCCCCCCC(=O)c1c(C(=O)OCC)n(CCCCCCC(=O)OCC)c2ccccc12. The first-order valence-corrected chi connectivity index (χ1v) is 15.0. The first-order chi connectivity index (χ1) is 18.5. The topological polar surface area (TPSA) is 74.6 Å². The summed E-state index contributed by atoms with van der Waals surface area (Å²) >= 11 is 0. The number of rotatable bonds is 21. The number of para-hydroxylation sites is 1. The summed E-state index contributed by atoms with van der Waals surface area (Å²) in [6.45, 7) is 7.14. The average molecular weight is 528 g/mol. The van der Waals surface area contributed by atoms with Crippen LogP contribution >= 0.6 is 0 Å². The van der Waals surface area contributed by atoms with Gasteiger partial charge in [0.25, 0.3) is 0 Å². The van der Waals surface area contributed by atoms with E-state index in [-0.39, 0.29) is 18.4 Å². The number of aryl methyl sites for hydroxylation is 1. The molecule has 6 nitrogen and oxygen atoms in total. The highest BCUT2D eigenvalue weighted by Crippen LogP contribution is 2.30. The van der Waals surface area contributed by atoms with Gasteiger partial charge in [-0.1, -0.05) is 89.3 Å². The molecule has 2 aromatic rings. The minimum Gasteiger partial charge on any atom is -0.466 e. The van der Waals surface area contributed by atoms with Crippen LogP contribution in [0, 0.1) is 0 Å². The Kier molecular flexibility index (Phi) is 15.5. The Hall–Kier alpha value is -2.63. The van der Waals surface area contributed by atoms with Crippen LogP contribution in [0.3, 0.4) is 0 Å². The summed E-state index contributed by atoms with van der Waals surface area (Å²) in [5, 5.41) is 0.832. The van der Waals surface area contributed by atoms with Crippen molar-refractivity contribution >= 4 is 28.6 Å². The summed E-state index contributed by atoms with van der Waals surface area (Å²) in [4.78, 5) is 38.1. The maximum absolute atomic E-state index is 13.5. The Morgan fingerprint density at radius 2 is 1.26 bits per heavy atom. The summed E-state index contributed by atoms with van der Waals surface area (Å²) in [5.41, 5.74) is 1.80. The Balaban J connectivity index is 2.04. The number of ether oxygens (including phenoxy) is 2. The Morgan fingerprint density at radius 1 is 0.684 bits per heavy atom. The number of benzene rings is 1. The van der Waals surface area contributed by atoms with Crippen molar-refractivity contribution in [2.45, 2.75) is 124 Å². The molecular formula is C32H49NO5. The van der Waals surface area contributed by atoms with E-state index in [1.165, 1.54) is 38.5 Å². The Morgan fingerprint density at radius 3 is 1.92 bits per heavy atom. The van der Waals surface area contributed by atoms with Crippen molar-refractivity contribution in [3.05, 3.63) is 35.5 Å². The zero-order valence-corrected chi connectivity index (χ0v) is 24.0. The van der Waals surface area contributed by atoms with Gasteiger partial charge in [-0.2, -0.15) is 0 Å². The minimum absolute atomic E-state index is 0.0281. The maximum Gasteiger partial charge on any atom is 0.355 e. The molecule has 0 amide bonds. The quantitative estimate of drug-likeness (QED) is 0.0925. The van der Waals surface area contributed by atoms with E-state index in [0.29, 0.717) is 37.3 Å². The fourth-order valence-electron chi connectivity index (χ4n) is 5.08. The highest BCUT2D eigenvalue weighted by atomic mass is 16.5. The number of aromatic nitrogens is 1. The second kappa shape index (κ2) is 18.6. The van der Waals surface area contributed by atoms with E-state index in [4.69, 9.17) is 9.47 Å². The fraction of sp³-hybridized carbons (Fsp3) is 0.656. The van der Waals surface area contributed by atoms with Gasteiger partial charge in [-0.25, -0.2) is 4.79 Å². The van der Waals surface area contributed by atoms with Crippen LogP contribution in [0.4, 0.5) is 0 Å². The molecule has 0 spiro atoms. The third-order valence-corrected chi connectivity index (χ3v) is 7.04. The standard InChI is InChI=1S/C32H49NO5/c1-4-7-8-9-10-11-12-13-16-23-28(34)30-26-21-18-19-22-27(26)33(31(30)32(36)38-6-3)25-20-15-14-17-24-29(35)37-5-2/h18-19,21-22H,4-17,20,23-25H2,1-3H3. The second-order valence-electron chi connectivity index (χ2n) is 10.1. The lowest BCUT2D eigenvalue weighted by Gasteiger charge is -2.11. The molecule has 0 aliphatic rings. The summed E-state index contributed by atoms with van der Waals surface area (Å²) in [5.74, 6) is -0.551. The molecule has 1 heterocycles. The molecule has 2 rings (SSSR count). The van der Waals surface area contributed by atoms with Crippen molar-refractivity contribution in [2.75, 3.05) is 13.2 Å². The predicted octanol–water partition coefficient (Wildman–Crippen LogP) is 8.44. The van der Waals surface area contributed by atoms with E-state index in [9.17, 15) is 14.4 Å². The third kappa shape index (κ3) is 10.3. The third-order valence-electron chi connectivity index (χ3n) is 7.04. The van der Waals surface area contributed by atoms with Gasteiger partial charge < -0.3 is 14.0 Å². The van der Waals surface area contributed by atoms with Gasteiger partial charge in [0.1, 0.15) is 5.69 Å². The van der Waals surface area contributed by atoms with Gasteiger partial charge in [0.05, 0.1) is 18.8 Å². The molecule has 0 bridgehead atoms. The molecule has 212 valence electrons. The largest absolute Gasteiger partial charge is 0.466 e. The van der Waals surface area contributed by atoms with Crippen molar-refractivity contribution in [1.29, 1.82) is 0 Å². The molecule has 0 aliphatic carbocycles. The van der Waals surface area contributed by atoms with Crippen LogP contribution in [0.15, 0.2) is 24.3 Å². The molecule has 0 unspecified atom stereocenters. The fourth-order valence-corrected chi connectivity index (χ4v) is 5.08. The van der Waals surface area contributed by atoms with Gasteiger partial charge in [0, 0.05) is 30.3 Å². The number of fused-ring (bicyclic) bond motifs is 1. The lowest BCUT2D eigenvalue weighted by atomic mass is 10.00. The van der Waals surface area contributed by atoms with Crippen molar-refractivity contribution in [3.63, 3.8) is 0 Å². The molecular weight excluding hydrogens is 478 g/mol. The summed E-state index contributed by atoms with van der Waals surface area (Å²) in [6.07, 6.45) is 15.1. The number of carbonyl (C=O) groups is 3. The van der Waals surface area contributed by atoms with Crippen molar-refractivity contribution < 1.29 is 23.9 Å². The minimum atomic E-state index is -0.429. The molecule has 0 N–H and O–H groups in total. The number of unbranched alkanes of at least 4 members (excludes halogenated alkanes) is 11. The maximum atomic E-state index is 13.5. The first-order valence-electron chi connectivity index (χ1n) is 15.0. The van der Waals surface area contributed by atoms with Crippen LogP contribution in [0.5, 0.6) is 0 Å². The van der Waals surface area contributed by atoms with Crippen LogP contribution < -0.4 is 0 Å². The molecule has 0 saturated heterocycles. The van der Waals surface area contributed by atoms with Crippen LogP contribution in [0.2, 0.25) is 0 Å². The number of nitrogens with zero attached hydrogens (tertiary/aromatic N) is 1. The number of carbonyl (C=O) groups excluding carboxylic acids is 3. The average Bonchev–Trinajstić information content (AvgIpc) is 3.24. The number of Topliss-reactive ketones (excluding diaryl/α,β-unsaturated/α-hetero) is 1. The van der Waals surface area contributed by atoms with E-state index in [1.807, 2.05) is 35.8 Å². The first kappa shape index (κ1) is 31.6. The van der Waals surface area contributed by atoms with Crippen LogP contribution in [0.1, 0.15) is 138 Å². The second-order valence-corrected chi connectivity index (χ2v) is 10.1. The molecule has 0 radical (unpaired) electrons. The van der Waals surface area contributed by atoms with Crippen LogP contribution in [-0.4, -0.2) is 35.5 Å². The smallest absolute Gasteiger partial charge is 0.355 e. The zero-order valence-electron chi connectivity index (χ0n) is 24.0. The molecule has 6 heteroatoms. The van der Waals surface area contributed by atoms with Gasteiger partial charge in [0.15, 0.2) is 5.78 Å². The van der Waals surface area contributed by atoms with Crippen LogP contribution in [-0.2, 0) is 20.8 Å². The number of esters is 2. The van der Waals surface area contributed by atoms with E-state index in [0.717, 1.165) is 55.8 Å². The Bertz CT molecular complexity index is 993. The molecule has 0 aliphatic heterocycles. The van der Waals surface area contributed by atoms with Gasteiger partial charge in [-0.05, 0) is 39.2 Å². The van der Waals surface area contributed by atoms with E-state index < -0.39 is 5.97 Å². The molecule has 0 atom stereocenters. The van der Waals surface area contributed by atoms with Gasteiger partial charge in [-0.15, -0.1) is 0 Å². The molecule has 0 fully saturated rings. The monoisotopic (exact) mass is 527 g/mol. The van der Waals surface area contributed by atoms with Gasteiger partial charge >= 0.3 is 11.9 Å². The highest BCUT2D eigenvalue weighted by Gasteiger charge is 2.27. The molecule has 1 aromatic carbocycles. The number of hydrogen-bond acceptors (Lipinski definition) is 5. The van der Waals surface area contributed by atoms with Crippen LogP contribution in [0.25, 0.3) is 10.9 Å². The highest BCUT2D eigenvalue weighted by molar-refractivity contribution is 6.15. The number of hydrogen-bond donors (Lipinski definition) is 0. The van der Waals surface area contributed by atoms with E-state index in [2.05, 4.69) is 6.92 Å². The van der Waals surface area contributed by atoms with Crippen molar-refractivity contribution in [2.24, 2.45) is 0 Å². The van der Waals surface area contributed by atoms with Crippen molar-refractivity contribution in [1.82, 2.24) is 4.57 Å². The summed E-state index contributed by atoms with van der Waals surface area (Å²) in [6, 6.07) is 7.79. The normalized spacial score (nSPS) is 11.1. The molecule has 38 heavy (non-hydrogen) atoms. The molecule has 1 aromatic heterocycles. The lowest BCUT2D eigenvalue weighted by molar-refractivity contribution is -0.143. The van der Waals surface area contributed by atoms with Gasteiger partial charge in [-0.3, -0.25) is 9.59 Å². The predicted molar refractivity (Wildman–Crippen MR) is 154 cm³/mol. The van der Waals surface area contributed by atoms with Crippen molar-refractivity contribution in [3.8, 4) is 0 Å². The zero-order chi connectivity index (χ0) is 27.6.